The first-order valence-electron chi connectivity index (χ1n) is 10.1. The van der Waals surface area contributed by atoms with Gasteiger partial charge in [0.2, 0.25) is 10.0 Å². The third-order valence-corrected chi connectivity index (χ3v) is 8.20. The van der Waals surface area contributed by atoms with Gasteiger partial charge in [-0.2, -0.15) is 17.9 Å². The zero-order valence-corrected chi connectivity index (χ0v) is 19.1. The van der Waals surface area contributed by atoms with E-state index in [0.29, 0.717) is 23.4 Å². The van der Waals surface area contributed by atoms with Crippen molar-refractivity contribution >= 4 is 31.4 Å². The fourth-order valence-electron chi connectivity index (χ4n) is 3.52. The summed E-state index contributed by atoms with van der Waals surface area (Å²) in [7, 11) is -7.32. The third-order valence-electron chi connectivity index (χ3n) is 5.19. The predicted molar refractivity (Wildman–Crippen MR) is 125 cm³/mol. The van der Waals surface area contributed by atoms with Crippen molar-refractivity contribution in [2.75, 3.05) is 10.5 Å². The molecule has 1 atom stereocenters. The maximum Gasteiger partial charge on any atom is 0.279 e. The van der Waals surface area contributed by atoms with Gasteiger partial charge < -0.3 is 0 Å². The molecule has 0 spiro atoms. The second-order valence-corrected chi connectivity index (χ2v) is 11.2. The SMILES string of the molecule is CCS(=O)(=O)Nc1cccc(C2=NN(S(=O)(=O)c3ccccc3)[C@H](c3ccccc3)C2)c1. The first-order chi connectivity index (χ1) is 15.3. The van der Waals surface area contributed by atoms with E-state index < -0.39 is 26.1 Å². The summed E-state index contributed by atoms with van der Waals surface area (Å²) in [5.41, 5.74) is 2.46. The summed E-state index contributed by atoms with van der Waals surface area (Å²) in [6.45, 7) is 1.56. The topological polar surface area (TPSA) is 95.9 Å². The van der Waals surface area contributed by atoms with Gasteiger partial charge in [-0.3, -0.25) is 4.72 Å². The summed E-state index contributed by atoms with van der Waals surface area (Å²) in [5, 5.41) is 4.51. The normalized spacial score (nSPS) is 16.6. The fraction of sp³-hybridized carbons (Fsp3) is 0.174. The maximum absolute atomic E-state index is 13.4. The molecule has 166 valence electrons. The van der Waals surface area contributed by atoms with Gasteiger partial charge in [0.15, 0.2) is 0 Å². The van der Waals surface area contributed by atoms with Crippen molar-refractivity contribution in [3.63, 3.8) is 0 Å². The van der Waals surface area contributed by atoms with Crippen LogP contribution in [0.25, 0.3) is 0 Å². The highest BCUT2D eigenvalue weighted by molar-refractivity contribution is 7.92. The van der Waals surface area contributed by atoms with Crippen molar-refractivity contribution in [2.45, 2.75) is 24.3 Å². The molecule has 0 saturated heterocycles. The quantitative estimate of drug-likeness (QED) is 0.566. The predicted octanol–water partition coefficient (Wildman–Crippen LogP) is 3.99. The van der Waals surface area contributed by atoms with Crippen molar-refractivity contribution in [1.82, 2.24) is 4.41 Å². The van der Waals surface area contributed by atoms with Crippen LogP contribution in [-0.2, 0) is 20.0 Å². The van der Waals surface area contributed by atoms with Crippen LogP contribution in [0.4, 0.5) is 5.69 Å². The molecule has 0 bridgehead atoms. The number of rotatable bonds is 7. The minimum Gasteiger partial charge on any atom is -0.284 e. The highest BCUT2D eigenvalue weighted by Gasteiger charge is 2.37. The van der Waals surface area contributed by atoms with Gasteiger partial charge in [0, 0.05) is 12.1 Å². The Hall–Kier alpha value is -3.17. The second kappa shape index (κ2) is 8.76. The molecule has 0 aliphatic carbocycles. The highest BCUT2D eigenvalue weighted by Crippen LogP contribution is 2.37. The third kappa shape index (κ3) is 4.53. The van der Waals surface area contributed by atoms with Crippen LogP contribution in [0.3, 0.4) is 0 Å². The summed E-state index contributed by atoms with van der Waals surface area (Å²) in [6.07, 6.45) is 0.361. The summed E-state index contributed by atoms with van der Waals surface area (Å²) < 4.78 is 54.4. The summed E-state index contributed by atoms with van der Waals surface area (Å²) >= 11 is 0. The molecule has 0 fully saturated rings. The average molecular weight is 470 g/mol. The standard InChI is InChI=1S/C23H23N3O4S2/c1-2-31(27,28)25-20-13-9-12-19(16-20)22-17-23(18-10-5-3-6-11-18)26(24-22)32(29,30)21-14-7-4-8-15-21/h3-16,23,25H,2,17H2,1H3/t23-/m0/s1. The molecule has 0 saturated carbocycles. The zero-order valence-electron chi connectivity index (χ0n) is 17.4. The van der Waals surface area contributed by atoms with Crippen molar-refractivity contribution < 1.29 is 16.8 Å². The number of anilines is 1. The number of nitrogens with zero attached hydrogens (tertiary/aromatic N) is 2. The maximum atomic E-state index is 13.4. The van der Waals surface area contributed by atoms with E-state index in [4.69, 9.17) is 0 Å². The van der Waals surface area contributed by atoms with E-state index in [1.54, 1.807) is 61.5 Å². The van der Waals surface area contributed by atoms with Crippen LogP contribution in [0.5, 0.6) is 0 Å². The van der Waals surface area contributed by atoms with Crippen LogP contribution in [0, 0.1) is 0 Å². The molecular weight excluding hydrogens is 446 g/mol. The Morgan fingerprint density at radius 2 is 1.56 bits per heavy atom. The van der Waals surface area contributed by atoms with Crippen LogP contribution >= 0.6 is 0 Å². The molecule has 9 heteroatoms. The van der Waals surface area contributed by atoms with Crippen molar-refractivity contribution in [2.24, 2.45) is 5.10 Å². The molecule has 7 nitrogen and oxygen atoms in total. The number of hydrogen-bond donors (Lipinski definition) is 1. The monoisotopic (exact) mass is 469 g/mol. The molecule has 3 aromatic carbocycles. The van der Waals surface area contributed by atoms with Crippen molar-refractivity contribution in [3.8, 4) is 0 Å². The Kier molecular flexibility index (Phi) is 6.03. The second-order valence-electron chi connectivity index (χ2n) is 7.35. The van der Waals surface area contributed by atoms with Crippen molar-refractivity contribution in [3.05, 3.63) is 96.1 Å². The molecular formula is C23H23N3O4S2. The van der Waals surface area contributed by atoms with Gasteiger partial charge in [0.25, 0.3) is 10.0 Å². The molecule has 0 amide bonds. The summed E-state index contributed by atoms with van der Waals surface area (Å²) in [5.74, 6) is -0.0443. The minimum atomic E-state index is -3.89. The Labute approximate surface area is 188 Å². The largest absolute Gasteiger partial charge is 0.284 e. The van der Waals surface area contributed by atoms with Gasteiger partial charge in [-0.1, -0.05) is 60.7 Å². The average Bonchev–Trinajstić information content (AvgIpc) is 3.27. The lowest BCUT2D eigenvalue weighted by Crippen LogP contribution is -2.27. The van der Waals surface area contributed by atoms with E-state index in [2.05, 4.69) is 9.82 Å². The fourth-order valence-corrected chi connectivity index (χ4v) is 5.61. The van der Waals surface area contributed by atoms with E-state index in [9.17, 15) is 16.8 Å². The Morgan fingerprint density at radius 3 is 2.22 bits per heavy atom. The number of hydrazone groups is 1. The van der Waals surface area contributed by atoms with Crippen LogP contribution < -0.4 is 4.72 Å². The van der Waals surface area contributed by atoms with E-state index in [1.807, 2.05) is 30.3 Å². The van der Waals surface area contributed by atoms with E-state index >= 15 is 0 Å². The first kappa shape index (κ1) is 22.0. The molecule has 1 N–H and O–H groups in total. The highest BCUT2D eigenvalue weighted by atomic mass is 32.2. The van der Waals surface area contributed by atoms with Gasteiger partial charge in [0.05, 0.1) is 22.4 Å². The molecule has 0 radical (unpaired) electrons. The zero-order chi connectivity index (χ0) is 22.8. The summed E-state index contributed by atoms with van der Waals surface area (Å²) in [6, 6.07) is 23.9. The van der Waals surface area contributed by atoms with E-state index in [0.717, 1.165) is 9.98 Å². The van der Waals surface area contributed by atoms with E-state index in [-0.39, 0.29) is 10.6 Å². The Morgan fingerprint density at radius 1 is 0.906 bits per heavy atom. The molecule has 3 aromatic rings. The van der Waals surface area contributed by atoms with Crippen LogP contribution in [-0.4, -0.2) is 32.7 Å². The number of hydrogen-bond acceptors (Lipinski definition) is 5. The lowest BCUT2D eigenvalue weighted by atomic mass is 9.99. The van der Waals surface area contributed by atoms with Gasteiger partial charge in [-0.15, -0.1) is 0 Å². The molecule has 1 aliphatic rings. The smallest absolute Gasteiger partial charge is 0.279 e. The van der Waals surface area contributed by atoms with Crippen LogP contribution in [0.15, 0.2) is 94.9 Å². The molecule has 1 heterocycles. The van der Waals surface area contributed by atoms with Crippen molar-refractivity contribution in [1.29, 1.82) is 0 Å². The molecule has 1 aliphatic heterocycles. The number of nitrogens with one attached hydrogen (secondary N) is 1. The molecule has 32 heavy (non-hydrogen) atoms. The van der Waals surface area contributed by atoms with Crippen LogP contribution in [0.1, 0.15) is 30.5 Å². The molecule has 4 rings (SSSR count). The van der Waals surface area contributed by atoms with E-state index in [1.165, 1.54) is 0 Å². The Bertz CT molecular complexity index is 1340. The Balaban J connectivity index is 1.75. The van der Waals surface area contributed by atoms with Gasteiger partial charge in [-0.25, -0.2) is 8.42 Å². The van der Waals surface area contributed by atoms with Gasteiger partial charge >= 0.3 is 0 Å². The summed E-state index contributed by atoms with van der Waals surface area (Å²) in [4.78, 5) is 0.162. The minimum absolute atomic E-state index is 0.0443. The lowest BCUT2D eigenvalue weighted by Gasteiger charge is -2.23. The number of benzene rings is 3. The van der Waals surface area contributed by atoms with Gasteiger partial charge in [-0.05, 0) is 42.3 Å². The number of sulfonamides is 2. The first-order valence-corrected chi connectivity index (χ1v) is 13.2. The molecule has 0 unspecified atom stereocenters. The van der Waals surface area contributed by atoms with Crippen LogP contribution in [0.2, 0.25) is 0 Å². The lowest BCUT2D eigenvalue weighted by molar-refractivity contribution is 0.371. The molecule has 0 aromatic heterocycles. The van der Waals surface area contributed by atoms with Gasteiger partial charge in [0.1, 0.15) is 0 Å².